The summed E-state index contributed by atoms with van der Waals surface area (Å²) in [5.74, 6) is -0.637. The van der Waals surface area contributed by atoms with Gasteiger partial charge in [-0.05, 0) is 26.0 Å². The minimum absolute atomic E-state index is 0.0650. The minimum atomic E-state index is -0.637. The van der Waals surface area contributed by atoms with Crippen LogP contribution in [0.15, 0.2) is 34.4 Å². The van der Waals surface area contributed by atoms with Crippen molar-refractivity contribution in [2.75, 3.05) is 0 Å². The molecule has 1 aromatic carbocycles. The van der Waals surface area contributed by atoms with E-state index in [4.69, 9.17) is 4.74 Å². The van der Waals surface area contributed by atoms with Crippen molar-refractivity contribution < 1.29 is 14.5 Å². The molecule has 3 rings (SSSR count). The van der Waals surface area contributed by atoms with E-state index < -0.39 is 10.9 Å². The normalized spacial score (nSPS) is 10.8. The number of aryl methyl sites for hydroxylation is 2. The Morgan fingerprint density at radius 2 is 2.12 bits per heavy atom. The van der Waals surface area contributed by atoms with Crippen LogP contribution in [0.3, 0.4) is 0 Å². The van der Waals surface area contributed by atoms with Gasteiger partial charge in [0, 0.05) is 28.8 Å². The summed E-state index contributed by atoms with van der Waals surface area (Å²) in [6.07, 6.45) is 0. The first-order valence-corrected chi connectivity index (χ1v) is 8.13. The third-order valence-electron chi connectivity index (χ3n) is 3.61. The van der Waals surface area contributed by atoms with Gasteiger partial charge in [-0.3, -0.25) is 19.3 Å². The van der Waals surface area contributed by atoms with Gasteiger partial charge >= 0.3 is 5.97 Å². The first kappa shape index (κ1) is 16.8. The van der Waals surface area contributed by atoms with E-state index in [9.17, 15) is 19.7 Å². The van der Waals surface area contributed by atoms with Crippen molar-refractivity contribution in [2.45, 2.75) is 20.5 Å². The van der Waals surface area contributed by atoms with Gasteiger partial charge < -0.3 is 4.74 Å². The van der Waals surface area contributed by atoms with Crippen LogP contribution >= 0.6 is 11.3 Å². The molecular weight excluding hydrogens is 346 g/mol. The zero-order valence-electron chi connectivity index (χ0n) is 13.4. The zero-order chi connectivity index (χ0) is 18.1. The highest BCUT2D eigenvalue weighted by Crippen LogP contribution is 2.19. The second-order valence-corrected chi connectivity index (χ2v) is 6.25. The Morgan fingerprint density at radius 1 is 1.36 bits per heavy atom. The Labute approximate surface area is 145 Å². The molecule has 0 fully saturated rings. The molecule has 0 aliphatic heterocycles. The summed E-state index contributed by atoms with van der Waals surface area (Å²) in [4.78, 5) is 39.3. The first-order valence-electron chi connectivity index (χ1n) is 7.26. The molecule has 0 saturated heterocycles. The molecule has 8 nitrogen and oxygen atoms in total. The lowest BCUT2D eigenvalue weighted by atomic mass is 10.1. The monoisotopic (exact) mass is 359 g/mol. The fourth-order valence-electron chi connectivity index (χ4n) is 2.38. The van der Waals surface area contributed by atoms with E-state index in [1.54, 1.807) is 6.92 Å². The molecule has 3 aromatic rings. The molecule has 0 bridgehead atoms. The highest BCUT2D eigenvalue weighted by Gasteiger charge is 2.15. The Hall–Kier alpha value is -3.07. The fourth-order valence-corrected chi connectivity index (χ4v) is 3.28. The van der Waals surface area contributed by atoms with Crippen molar-refractivity contribution in [1.29, 1.82) is 0 Å². The standard InChI is InChI=1S/C16H13N3O5S/c1-9-5-11(3-4-13(9)19(22)23)15(21)24-7-12-6-14(20)18-10(2)8-25-16(18)17-12/h3-6,8H,7H2,1-2H3. The van der Waals surface area contributed by atoms with Gasteiger partial charge in [-0.15, -0.1) is 11.3 Å². The number of carbonyl (C=O) groups is 1. The van der Waals surface area contributed by atoms with Crippen LogP contribution in [0.25, 0.3) is 4.96 Å². The number of hydrogen-bond acceptors (Lipinski definition) is 7. The molecule has 0 aliphatic rings. The second kappa shape index (κ2) is 6.44. The lowest BCUT2D eigenvalue weighted by molar-refractivity contribution is -0.385. The third-order valence-corrected chi connectivity index (χ3v) is 4.55. The quantitative estimate of drug-likeness (QED) is 0.403. The maximum absolute atomic E-state index is 12.1. The number of thiazole rings is 1. The van der Waals surface area contributed by atoms with Crippen LogP contribution in [-0.2, 0) is 11.3 Å². The minimum Gasteiger partial charge on any atom is -0.456 e. The average molecular weight is 359 g/mol. The highest BCUT2D eigenvalue weighted by atomic mass is 32.1. The van der Waals surface area contributed by atoms with Gasteiger partial charge in [-0.1, -0.05) is 0 Å². The molecule has 0 amide bonds. The summed E-state index contributed by atoms with van der Waals surface area (Å²) in [7, 11) is 0. The van der Waals surface area contributed by atoms with Crippen LogP contribution in [0.4, 0.5) is 5.69 Å². The molecule has 0 radical (unpaired) electrons. The number of nitrogens with zero attached hydrogens (tertiary/aromatic N) is 3. The molecule has 2 heterocycles. The highest BCUT2D eigenvalue weighted by molar-refractivity contribution is 7.15. The number of carbonyl (C=O) groups excluding carboxylic acids is 1. The number of rotatable bonds is 4. The summed E-state index contributed by atoms with van der Waals surface area (Å²) in [5.41, 5.74) is 1.41. The molecule has 9 heteroatoms. The number of ether oxygens (including phenoxy) is 1. The van der Waals surface area contributed by atoms with Crippen LogP contribution in [0.5, 0.6) is 0 Å². The van der Waals surface area contributed by atoms with E-state index >= 15 is 0 Å². The lowest BCUT2D eigenvalue weighted by Crippen LogP contribution is -2.16. The van der Waals surface area contributed by atoms with Gasteiger partial charge in [0.05, 0.1) is 16.2 Å². The maximum Gasteiger partial charge on any atom is 0.338 e. The second-order valence-electron chi connectivity index (χ2n) is 5.42. The van der Waals surface area contributed by atoms with E-state index in [0.29, 0.717) is 16.2 Å². The van der Waals surface area contributed by atoms with Gasteiger partial charge in [0.25, 0.3) is 11.2 Å². The van der Waals surface area contributed by atoms with E-state index in [1.807, 2.05) is 12.3 Å². The molecule has 0 aliphatic carbocycles. The van der Waals surface area contributed by atoms with Gasteiger partial charge in [0.2, 0.25) is 0 Å². The molecule has 0 atom stereocenters. The first-order chi connectivity index (χ1) is 11.9. The van der Waals surface area contributed by atoms with E-state index in [-0.39, 0.29) is 23.4 Å². The molecule has 128 valence electrons. The van der Waals surface area contributed by atoms with Crippen molar-refractivity contribution in [1.82, 2.24) is 9.38 Å². The topological polar surface area (TPSA) is 104 Å². The summed E-state index contributed by atoms with van der Waals surface area (Å²) in [6.45, 7) is 3.20. The number of aromatic nitrogens is 2. The summed E-state index contributed by atoms with van der Waals surface area (Å²) in [5, 5.41) is 12.6. The van der Waals surface area contributed by atoms with Gasteiger partial charge in [-0.2, -0.15) is 0 Å². The van der Waals surface area contributed by atoms with Crippen LogP contribution in [0.2, 0.25) is 0 Å². The van der Waals surface area contributed by atoms with E-state index in [2.05, 4.69) is 4.98 Å². The van der Waals surface area contributed by atoms with Crippen molar-refractivity contribution in [3.8, 4) is 0 Å². The van der Waals surface area contributed by atoms with E-state index in [0.717, 1.165) is 5.69 Å². The SMILES string of the molecule is Cc1cc(C(=O)OCc2cc(=O)n3c(C)csc3n2)ccc1[N+](=O)[O-]. The number of benzene rings is 1. The number of esters is 1. The summed E-state index contributed by atoms with van der Waals surface area (Å²) < 4.78 is 6.65. The van der Waals surface area contributed by atoms with Gasteiger partial charge in [0.1, 0.15) is 6.61 Å². The molecule has 0 saturated carbocycles. The number of fused-ring (bicyclic) bond motifs is 1. The Morgan fingerprint density at radius 3 is 2.80 bits per heavy atom. The fraction of sp³-hybridized carbons (Fsp3) is 0.188. The van der Waals surface area contributed by atoms with Crippen LogP contribution in [0.1, 0.15) is 27.3 Å². The van der Waals surface area contributed by atoms with Crippen LogP contribution < -0.4 is 5.56 Å². The molecular formula is C16H13N3O5S. The Balaban J connectivity index is 1.77. The molecule has 0 unspecified atom stereocenters. The Kier molecular flexibility index (Phi) is 4.32. The zero-order valence-corrected chi connectivity index (χ0v) is 14.2. The summed E-state index contributed by atoms with van der Waals surface area (Å²) in [6, 6.07) is 5.31. The predicted molar refractivity (Wildman–Crippen MR) is 91.0 cm³/mol. The van der Waals surface area contributed by atoms with Crippen LogP contribution in [0, 0.1) is 24.0 Å². The number of nitro benzene ring substituents is 1. The molecule has 0 spiro atoms. The maximum atomic E-state index is 12.1. The smallest absolute Gasteiger partial charge is 0.338 e. The van der Waals surface area contributed by atoms with Crippen molar-refractivity contribution >= 4 is 28.0 Å². The van der Waals surface area contributed by atoms with Crippen molar-refractivity contribution in [2.24, 2.45) is 0 Å². The summed E-state index contributed by atoms with van der Waals surface area (Å²) >= 11 is 1.33. The lowest BCUT2D eigenvalue weighted by Gasteiger charge is -2.06. The van der Waals surface area contributed by atoms with Crippen molar-refractivity contribution in [3.63, 3.8) is 0 Å². The number of hydrogen-bond donors (Lipinski definition) is 0. The number of nitro groups is 1. The van der Waals surface area contributed by atoms with Crippen LogP contribution in [-0.4, -0.2) is 20.3 Å². The largest absolute Gasteiger partial charge is 0.456 e. The third kappa shape index (κ3) is 3.26. The molecule has 25 heavy (non-hydrogen) atoms. The average Bonchev–Trinajstić information content (AvgIpc) is 2.93. The molecule has 0 N–H and O–H groups in total. The van der Waals surface area contributed by atoms with Crippen molar-refractivity contribution in [3.05, 3.63) is 72.6 Å². The Bertz CT molecular complexity index is 1050. The van der Waals surface area contributed by atoms with Gasteiger partial charge in [0.15, 0.2) is 4.96 Å². The van der Waals surface area contributed by atoms with E-state index in [1.165, 1.54) is 40.0 Å². The predicted octanol–water partition coefficient (Wildman–Crippen LogP) is 2.64. The van der Waals surface area contributed by atoms with Gasteiger partial charge in [-0.25, -0.2) is 9.78 Å². The molecule has 2 aromatic heterocycles.